The van der Waals surface area contributed by atoms with E-state index in [1.807, 2.05) is 12.1 Å². The molecule has 2 aromatic carbocycles. The highest BCUT2D eigenvalue weighted by Gasteiger charge is 2.26. The van der Waals surface area contributed by atoms with E-state index in [-0.39, 0.29) is 80.7 Å². The number of rotatable bonds is 17. The van der Waals surface area contributed by atoms with Crippen LogP contribution in [-0.2, 0) is 36.9 Å². The first-order valence-corrected chi connectivity index (χ1v) is 15.9. The van der Waals surface area contributed by atoms with Gasteiger partial charge in [0.25, 0.3) is 0 Å². The molecule has 1 aromatic heterocycles. The maximum absolute atomic E-state index is 15.5. The van der Waals surface area contributed by atoms with Gasteiger partial charge in [0.05, 0.1) is 58.4 Å². The van der Waals surface area contributed by atoms with Crippen LogP contribution in [0.5, 0.6) is 23.0 Å². The lowest BCUT2D eigenvalue weighted by Crippen LogP contribution is -2.25. The fraction of sp³-hybridized carbons (Fsp3) is 0.455. The Labute approximate surface area is 270 Å². The summed E-state index contributed by atoms with van der Waals surface area (Å²) in [6.07, 6.45) is 0.442. The van der Waals surface area contributed by atoms with Crippen LogP contribution in [0.1, 0.15) is 66.8 Å². The van der Waals surface area contributed by atoms with E-state index in [2.05, 4.69) is 0 Å². The highest BCUT2D eigenvalue weighted by Crippen LogP contribution is 2.40. The van der Waals surface area contributed by atoms with E-state index in [1.54, 1.807) is 24.8 Å². The molecule has 0 spiro atoms. The average Bonchev–Trinajstić information content (AvgIpc) is 3.67. The van der Waals surface area contributed by atoms with Crippen molar-refractivity contribution in [2.45, 2.75) is 59.0 Å². The lowest BCUT2D eigenvalue weighted by atomic mass is 10.1. The van der Waals surface area contributed by atoms with Gasteiger partial charge >= 0.3 is 11.9 Å². The SMILES string of the molecule is CCOC(=O)CCC(=O)c1cc2c(F)c(OCCCOc3cc4c(cc3OC)CN(C(=O)CCC(=O)OCC)C4)c(OC)cc2s1. The number of hydrogen-bond acceptors (Lipinski definition) is 11. The topological polar surface area (TPSA) is 127 Å². The van der Waals surface area contributed by atoms with Crippen LogP contribution in [0.2, 0.25) is 0 Å². The zero-order valence-corrected chi connectivity index (χ0v) is 27.2. The molecule has 0 bridgehead atoms. The van der Waals surface area contributed by atoms with E-state index in [0.717, 1.165) is 22.5 Å². The Hall–Kier alpha value is -4.39. The summed E-state index contributed by atoms with van der Waals surface area (Å²) in [5.74, 6) is -0.757. The Morgan fingerprint density at radius 3 is 2.02 bits per heavy atom. The number of fused-ring (bicyclic) bond motifs is 2. The number of ether oxygens (including phenoxy) is 6. The Morgan fingerprint density at radius 2 is 1.39 bits per heavy atom. The maximum Gasteiger partial charge on any atom is 0.306 e. The summed E-state index contributed by atoms with van der Waals surface area (Å²) in [6.45, 7) is 5.08. The van der Waals surface area contributed by atoms with Crippen molar-refractivity contribution in [1.29, 1.82) is 0 Å². The summed E-state index contributed by atoms with van der Waals surface area (Å²) in [6, 6.07) is 6.77. The van der Waals surface area contributed by atoms with Crippen LogP contribution >= 0.6 is 11.3 Å². The first-order valence-electron chi connectivity index (χ1n) is 15.1. The molecule has 0 aliphatic carbocycles. The van der Waals surface area contributed by atoms with Gasteiger partial charge in [-0.25, -0.2) is 4.39 Å². The summed E-state index contributed by atoms with van der Waals surface area (Å²) in [7, 11) is 2.94. The van der Waals surface area contributed by atoms with Gasteiger partial charge in [0.15, 0.2) is 34.6 Å². The second-order valence-electron chi connectivity index (χ2n) is 10.3. The van der Waals surface area contributed by atoms with Gasteiger partial charge in [-0.1, -0.05) is 0 Å². The number of benzene rings is 2. The normalized spacial score (nSPS) is 12.1. The summed E-state index contributed by atoms with van der Waals surface area (Å²) < 4.78 is 48.5. The van der Waals surface area contributed by atoms with Crippen LogP contribution in [0.4, 0.5) is 4.39 Å². The third kappa shape index (κ3) is 8.45. The molecule has 4 rings (SSSR count). The van der Waals surface area contributed by atoms with Crippen molar-refractivity contribution in [2.24, 2.45) is 0 Å². The van der Waals surface area contributed by atoms with Crippen molar-refractivity contribution in [3.05, 3.63) is 46.1 Å². The Kier molecular flexibility index (Phi) is 12.2. The molecule has 2 heterocycles. The number of amides is 1. The monoisotopic (exact) mass is 659 g/mol. The molecule has 0 radical (unpaired) electrons. The van der Waals surface area contributed by atoms with Gasteiger partial charge in [-0.2, -0.15) is 0 Å². The zero-order chi connectivity index (χ0) is 33.2. The summed E-state index contributed by atoms with van der Waals surface area (Å²) >= 11 is 1.12. The predicted molar refractivity (Wildman–Crippen MR) is 167 cm³/mol. The molecule has 11 nitrogen and oxygen atoms in total. The number of ketones is 1. The number of halogens is 1. The number of hydrogen-bond donors (Lipinski definition) is 0. The average molecular weight is 660 g/mol. The first kappa shape index (κ1) is 34.5. The Balaban J connectivity index is 1.33. The van der Waals surface area contributed by atoms with Gasteiger partial charge < -0.3 is 33.3 Å². The van der Waals surface area contributed by atoms with Crippen molar-refractivity contribution in [3.8, 4) is 23.0 Å². The van der Waals surface area contributed by atoms with Gasteiger partial charge in [0, 0.05) is 48.5 Å². The Bertz CT molecular complexity index is 1590. The minimum absolute atomic E-state index is 0.0315. The van der Waals surface area contributed by atoms with Crippen molar-refractivity contribution in [1.82, 2.24) is 4.90 Å². The molecule has 3 aromatic rings. The quantitative estimate of drug-likeness (QED) is 0.102. The van der Waals surface area contributed by atoms with E-state index >= 15 is 4.39 Å². The zero-order valence-electron chi connectivity index (χ0n) is 26.4. The number of nitrogens with zero attached hydrogens (tertiary/aromatic N) is 1. The van der Waals surface area contributed by atoms with E-state index in [9.17, 15) is 19.2 Å². The molecule has 248 valence electrons. The summed E-state index contributed by atoms with van der Waals surface area (Å²) in [5, 5.41) is 0.229. The second kappa shape index (κ2) is 16.3. The van der Waals surface area contributed by atoms with E-state index < -0.39 is 17.8 Å². The molecule has 1 aliphatic rings. The van der Waals surface area contributed by atoms with Crippen LogP contribution in [-0.4, -0.2) is 69.2 Å². The van der Waals surface area contributed by atoms with Crippen LogP contribution in [0.25, 0.3) is 10.1 Å². The molecular formula is C33H38FNO10S. The highest BCUT2D eigenvalue weighted by atomic mass is 32.1. The minimum atomic E-state index is -0.641. The number of Topliss-reactive ketones (excluding diaryl/α,β-unsaturated/α-hetero) is 1. The van der Waals surface area contributed by atoms with Crippen LogP contribution in [0.15, 0.2) is 24.3 Å². The van der Waals surface area contributed by atoms with Gasteiger partial charge in [-0.05, 0) is 43.2 Å². The smallest absolute Gasteiger partial charge is 0.306 e. The lowest BCUT2D eigenvalue weighted by molar-refractivity contribution is -0.145. The van der Waals surface area contributed by atoms with Crippen molar-refractivity contribution in [3.63, 3.8) is 0 Å². The van der Waals surface area contributed by atoms with Gasteiger partial charge in [0.1, 0.15) is 0 Å². The third-order valence-electron chi connectivity index (χ3n) is 7.24. The van der Waals surface area contributed by atoms with Gasteiger partial charge in [-0.15, -0.1) is 11.3 Å². The maximum atomic E-state index is 15.5. The molecule has 46 heavy (non-hydrogen) atoms. The van der Waals surface area contributed by atoms with E-state index in [1.165, 1.54) is 20.3 Å². The summed E-state index contributed by atoms with van der Waals surface area (Å²) in [4.78, 5) is 50.5. The molecule has 13 heteroatoms. The molecule has 0 unspecified atom stereocenters. The molecule has 1 aliphatic heterocycles. The number of carbonyl (C=O) groups is 4. The Morgan fingerprint density at radius 1 is 0.783 bits per heavy atom. The lowest BCUT2D eigenvalue weighted by Gasteiger charge is -2.14. The number of methoxy groups -OCH3 is 2. The highest BCUT2D eigenvalue weighted by molar-refractivity contribution is 7.20. The van der Waals surface area contributed by atoms with Gasteiger partial charge in [0.2, 0.25) is 5.91 Å². The molecular weight excluding hydrogens is 621 g/mol. The second-order valence-corrected chi connectivity index (χ2v) is 11.4. The number of carbonyl (C=O) groups excluding carboxylic acids is 4. The number of thiophene rings is 1. The molecule has 0 saturated carbocycles. The van der Waals surface area contributed by atoms with Crippen molar-refractivity contribution < 1.29 is 52.0 Å². The minimum Gasteiger partial charge on any atom is -0.493 e. The standard InChI is InChI=1S/C33H38FNO10S/c1-5-42-30(38)10-8-23(36)28-16-22-27(46-28)17-26(41-4)33(32(22)34)45-13-7-12-44-25-15-21-19-35(18-20(21)14-24(25)40-3)29(37)9-11-31(39)43-6-2/h14-17H,5-13,18-19H2,1-4H3. The predicted octanol–water partition coefficient (Wildman–Crippen LogP) is 5.62. The first-order chi connectivity index (χ1) is 22.2. The van der Waals surface area contributed by atoms with E-state index in [0.29, 0.717) is 40.6 Å². The fourth-order valence-electron chi connectivity index (χ4n) is 4.96. The molecule has 0 atom stereocenters. The molecule has 0 fully saturated rings. The molecule has 0 saturated heterocycles. The molecule has 0 N–H and O–H groups in total. The van der Waals surface area contributed by atoms with Crippen LogP contribution in [0.3, 0.4) is 0 Å². The molecule has 1 amide bonds. The van der Waals surface area contributed by atoms with Gasteiger partial charge in [-0.3, -0.25) is 19.2 Å². The van der Waals surface area contributed by atoms with Crippen LogP contribution < -0.4 is 18.9 Å². The van der Waals surface area contributed by atoms with E-state index in [4.69, 9.17) is 28.4 Å². The van der Waals surface area contributed by atoms with Crippen LogP contribution in [0, 0.1) is 5.82 Å². The third-order valence-corrected chi connectivity index (χ3v) is 8.36. The summed E-state index contributed by atoms with van der Waals surface area (Å²) in [5.41, 5.74) is 1.86. The van der Waals surface area contributed by atoms with Crippen molar-refractivity contribution in [2.75, 3.05) is 40.6 Å². The fourth-order valence-corrected chi connectivity index (χ4v) is 6.02. The van der Waals surface area contributed by atoms with Crippen molar-refractivity contribution >= 4 is 45.1 Å². The number of esters is 2. The largest absolute Gasteiger partial charge is 0.493 e.